The molecular weight excluding hydrogens is 419 g/mol. The first-order chi connectivity index (χ1) is 13.7. The van der Waals surface area contributed by atoms with Crippen LogP contribution in [0.1, 0.15) is 52.8 Å². The highest BCUT2D eigenvalue weighted by Crippen LogP contribution is 2.29. The van der Waals surface area contributed by atoms with Gasteiger partial charge in [0.05, 0.1) is 15.6 Å². The van der Waals surface area contributed by atoms with Crippen molar-refractivity contribution >= 4 is 29.0 Å². The average Bonchev–Trinajstić information content (AvgIpc) is 3.06. The zero-order valence-electron chi connectivity index (χ0n) is 16.0. The van der Waals surface area contributed by atoms with Crippen molar-refractivity contribution < 1.29 is 9.32 Å². The molecule has 0 unspecified atom stereocenters. The first-order valence-electron chi connectivity index (χ1n) is 8.83. The van der Waals surface area contributed by atoms with Crippen molar-refractivity contribution in [2.75, 3.05) is 0 Å². The van der Waals surface area contributed by atoms with Gasteiger partial charge in [-0.05, 0) is 36.1 Å². The molecule has 0 amide bonds. The van der Waals surface area contributed by atoms with Gasteiger partial charge in [0.1, 0.15) is 5.69 Å². The summed E-state index contributed by atoms with van der Waals surface area (Å²) in [6, 6.07) is 4.74. The Kier molecular flexibility index (Phi) is 6.04. The van der Waals surface area contributed by atoms with Gasteiger partial charge in [0.25, 0.3) is 5.56 Å². The third-order valence-electron chi connectivity index (χ3n) is 4.41. The number of aromatic amines is 1. The lowest BCUT2D eigenvalue weighted by Crippen LogP contribution is -2.27. The number of benzene rings is 1. The van der Waals surface area contributed by atoms with Crippen LogP contribution in [-0.4, -0.2) is 25.7 Å². The van der Waals surface area contributed by atoms with Crippen molar-refractivity contribution in [2.24, 2.45) is 7.05 Å². The molecule has 0 aliphatic rings. The Balaban J connectivity index is 1.92. The summed E-state index contributed by atoms with van der Waals surface area (Å²) in [5.74, 6) is -0.759. The van der Waals surface area contributed by atoms with Crippen molar-refractivity contribution in [1.82, 2.24) is 19.9 Å². The number of rotatable bonds is 6. The van der Waals surface area contributed by atoms with Gasteiger partial charge in [0.15, 0.2) is 5.82 Å². The predicted molar refractivity (Wildman–Crippen MR) is 108 cm³/mol. The Morgan fingerprint density at radius 2 is 1.83 bits per heavy atom. The van der Waals surface area contributed by atoms with Gasteiger partial charge in [-0.2, -0.15) is 5.10 Å². The molecule has 29 heavy (non-hydrogen) atoms. The summed E-state index contributed by atoms with van der Waals surface area (Å²) in [5.41, 5.74) is 1.20. The number of ketones is 1. The summed E-state index contributed by atoms with van der Waals surface area (Å²) >= 11 is 12.7. The highest BCUT2D eigenvalue weighted by Gasteiger charge is 2.22. The smallest absolute Gasteiger partial charge is 0.296 e. The first-order valence-corrected chi connectivity index (χ1v) is 9.58. The lowest BCUT2D eigenvalue weighted by molar-refractivity contribution is 0.103. The van der Waals surface area contributed by atoms with E-state index in [2.05, 4.69) is 19.8 Å². The second-order valence-electron chi connectivity index (χ2n) is 6.87. The van der Waals surface area contributed by atoms with Crippen LogP contribution in [0.4, 0.5) is 0 Å². The van der Waals surface area contributed by atoms with Crippen LogP contribution in [0.5, 0.6) is 0 Å². The molecule has 0 aliphatic carbocycles. The highest BCUT2D eigenvalue weighted by molar-refractivity contribution is 6.41. The van der Waals surface area contributed by atoms with Crippen molar-refractivity contribution in [1.29, 1.82) is 0 Å². The van der Waals surface area contributed by atoms with Crippen LogP contribution in [0.3, 0.4) is 0 Å². The minimum absolute atomic E-state index is 0.0699. The fraction of sp³-hybridized carbons (Fsp3) is 0.316. The molecule has 0 saturated carbocycles. The topological polar surface area (TPSA) is 111 Å². The zero-order chi connectivity index (χ0) is 21.3. The second-order valence-corrected chi connectivity index (χ2v) is 7.69. The second kappa shape index (κ2) is 8.34. The number of hydrogen-bond acceptors (Lipinski definition) is 6. The Morgan fingerprint density at radius 3 is 2.38 bits per heavy atom. The molecule has 0 saturated heterocycles. The van der Waals surface area contributed by atoms with Crippen LogP contribution in [0, 0.1) is 0 Å². The van der Waals surface area contributed by atoms with E-state index in [1.165, 1.54) is 13.1 Å². The minimum Gasteiger partial charge on any atom is -0.296 e. The largest absolute Gasteiger partial charge is 0.438 e. The number of nitrogens with one attached hydrogen (secondary N) is 1. The van der Waals surface area contributed by atoms with Gasteiger partial charge in [-0.15, -0.1) is 0 Å². The molecule has 0 spiro atoms. The van der Waals surface area contributed by atoms with Crippen molar-refractivity contribution in [3.05, 3.63) is 77.4 Å². The Hall–Kier alpha value is -2.71. The van der Waals surface area contributed by atoms with Gasteiger partial charge in [0.2, 0.25) is 5.78 Å². The van der Waals surface area contributed by atoms with E-state index in [9.17, 15) is 14.4 Å². The van der Waals surface area contributed by atoms with Crippen LogP contribution in [0.25, 0.3) is 0 Å². The van der Waals surface area contributed by atoms with Gasteiger partial charge in [-0.1, -0.05) is 42.2 Å². The number of hydrogen-bond donors (Lipinski definition) is 1. The van der Waals surface area contributed by atoms with E-state index < -0.39 is 11.5 Å². The number of carbonyl (C=O) groups excluding carboxylic acids is 1. The zero-order valence-corrected chi connectivity index (χ0v) is 17.5. The number of aryl methyl sites for hydroxylation is 3. The molecule has 2 heterocycles. The summed E-state index contributed by atoms with van der Waals surface area (Å²) in [5, 5.41) is 8.01. The lowest BCUT2D eigenvalue weighted by atomic mass is 10.00. The normalized spacial score (nSPS) is 11.2. The summed E-state index contributed by atoms with van der Waals surface area (Å²) in [6.45, 7) is 3.73. The predicted octanol–water partition coefficient (Wildman–Crippen LogP) is 2.90. The van der Waals surface area contributed by atoms with Crippen LogP contribution in [0.2, 0.25) is 10.0 Å². The molecule has 3 rings (SSSR count). The maximum absolute atomic E-state index is 13.0. The fourth-order valence-electron chi connectivity index (χ4n) is 2.90. The summed E-state index contributed by atoms with van der Waals surface area (Å²) in [7, 11) is 1.49. The van der Waals surface area contributed by atoms with Gasteiger partial charge in [0, 0.05) is 19.0 Å². The molecule has 10 heteroatoms. The third kappa shape index (κ3) is 4.49. The standard InChI is InChI=1S/C19H18Cl2N4O4/c1-9(2)11-8-14(23-25(3)18(11)27)17(26)16-12(20)6-10(7-13(16)21)4-5-15-22-19(28)29-24-15/h6-9H,4-5H2,1-3H3,(H,22,24,28). The summed E-state index contributed by atoms with van der Waals surface area (Å²) < 4.78 is 5.59. The summed E-state index contributed by atoms with van der Waals surface area (Å²) in [6.07, 6.45) is 0.887. The number of nitrogens with zero attached hydrogens (tertiary/aromatic N) is 3. The van der Waals surface area contributed by atoms with Crippen molar-refractivity contribution in [3.8, 4) is 0 Å². The molecule has 0 bridgehead atoms. The summed E-state index contributed by atoms with van der Waals surface area (Å²) in [4.78, 5) is 38.6. The van der Waals surface area contributed by atoms with Gasteiger partial charge in [-0.25, -0.2) is 9.48 Å². The van der Waals surface area contributed by atoms with Crippen LogP contribution < -0.4 is 11.3 Å². The van der Waals surface area contributed by atoms with Crippen LogP contribution in [0.15, 0.2) is 32.3 Å². The molecule has 1 aromatic carbocycles. The van der Waals surface area contributed by atoms with E-state index in [4.69, 9.17) is 23.2 Å². The Morgan fingerprint density at radius 1 is 1.17 bits per heavy atom. The molecular formula is C19H18Cl2N4O4. The molecule has 152 valence electrons. The number of H-pyrrole nitrogens is 1. The van der Waals surface area contributed by atoms with Gasteiger partial charge >= 0.3 is 5.76 Å². The van der Waals surface area contributed by atoms with Crippen LogP contribution in [-0.2, 0) is 19.9 Å². The Bertz CT molecular complexity index is 1170. The fourth-order valence-corrected chi connectivity index (χ4v) is 3.61. The highest BCUT2D eigenvalue weighted by atomic mass is 35.5. The van der Waals surface area contributed by atoms with E-state index >= 15 is 0 Å². The number of carbonyl (C=O) groups is 1. The van der Waals surface area contributed by atoms with Crippen LogP contribution >= 0.6 is 23.2 Å². The molecule has 0 atom stereocenters. The lowest BCUT2D eigenvalue weighted by Gasteiger charge is -2.12. The first kappa shape index (κ1) is 21.0. The monoisotopic (exact) mass is 436 g/mol. The molecule has 0 aliphatic heterocycles. The maximum atomic E-state index is 13.0. The quantitative estimate of drug-likeness (QED) is 0.594. The third-order valence-corrected chi connectivity index (χ3v) is 5.01. The SMILES string of the molecule is CC(C)c1cc(C(=O)c2c(Cl)cc(CCc3noc(=O)[nH]3)cc2Cl)nn(C)c1=O. The van der Waals surface area contributed by atoms with Crippen molar-refractivity contribution in [3.63, 3.8) is 0 Å². The maximum Gasteiger partial charge on any atom is 0.438 e. The van der Waals surface area contributed by atoms with E-state index in [0.29, 0.717) is 24.2 Å². The molecule has 3 aromatic rings. The minimum atomic E-state index is -0.623. The van der Waals surface area contributed by atoms with Crippen molar-refractivity contribution in [2.45, 2.75) is 32.6 Å². The van der Waals surface area contributed by atoms with E-state index in [-0.39, 0.29) is 32.8 Å². The molecule has 1 N–H and O–H groups in total. The number of halogens is 2. The molecule has 0 fully saturated rings. The van der Waals surface area contributed by atoms with E-state index in [1.807, 2.05) is 13.8 Å². The molecule has 8 nitrogen and oxygen atoms in total. The number of aromatic nitrogens is 4. The average molecular weight is 437 g/mol. The van der Waals surface area contributed by atoms with E-state index in [0.717, 1.165) is 10.2 Å². The molecule has 2 aromatic heterocycles. The molecule has 0 radical (unpaired) electrons. The van der Waals surface area contributed by atoms with Gasteiger partial charge < -0.3 is 0 Å². The van der Waals surface area contributed by atoms with E-state index in [1.54, 1.807) is 12.1 Å². The van der Waals surface area contributed by atoms with Gasteiger partial charge in [-0.3, -0.25) is 19.1 Å². The Labute approximate surface area is 175 Å².